The second-order valence-corrected chi connectivity index (χ2v) is 5.04. The van der Waals surface area contributed by atoms with Gasteiger partial charge in [-0.25, -0.2) is 4.79 Å². The highest BCUT2D eigenvalue weighted by atomic mass is 16.5. The molecular weight excluding hydrogens is 276 g/mol. The van der Waals surface area contributed by atoms with Gasteiger partial charge in [0, 0.05) is 19.8 Å². The topological polar surface area (TPSA) is 104 Å². The molecule has 1 aliphatic heterocycles. The average molecular weight is 296 g/mol. The fourth-order valence-corrected chi connectivity index (χ4v) is 2.32. The van der Waals surface area contributed by atoms with Crippen molar-refractivity contribution in [3.63, 3.8) is 0 Å². The molecule has 0 saturated carbocycles. The minimum absolute atomic E-state index is 0.107. The van der Waals surface area contributed by atoms with Crippen molar-refractivity contribution in [2.75, 3.05) is 26.9 Å². The number of carbonyl (C=O) groups excluding carboxylic acids is 2. The number of amides is 1. The fourth-order valence-electron chi connectivity index (χ4n) is 2.32. The molecule has 1 amide bonds. The van der Waals surface area contributed by atoms with E-state index in [2.05, 4.69) is 10.1 Å². The quantitative estimate of drug-likeness (QED) is 0.764. The molecular formula is C14H20N2O5. The summed E-state index contributed by atoms with van der Waals surface area (Å²) >= 11 is 0. The molecule has 2 heterocycles. The van der Waals surface area contributed by atoms with Gasteiger partial charge in [0.2, 0.25) is 11.7 Å². The highest BCUT2D eigenvalue weighted by Gasteiger charge is 2.38. The molecule has 2 rings (SSSR count). The molecule has 0 bridgehead atoms. The summed E-state index contributed by atoms with van der Waals surface area (Å²) in [5, 5.41) is 2.81. The van der Waals surface area contributed by atoms with E-state index in [0.717, 1.165) is 0 Å². The summed E-state index contributed by atoms with van der Waals surface area (Å²) in [5.41, 5.74) is 5.20. The Balaban J connectivity index is 1.94. The first-order valence-electron chi connectivity index (χ1n) is 6.84. The normalized spacial score (nSPS) is 17.2. The number of ether oxygens (including phenoxy) is 2. The van der Waals surface area contributed by atoms with E-state index in [-0.39, 0.29) is 24.8 Å². The largest absolute Gasteiger partial charge is 0.463 e. The van der Waals surface area contributed by atoms with Gasteiger partial charge in [0.1, 0.15) is 5.76 Å². The lowest BCUT2D eigenvalue weighted by atomic mass is 9.79. The first-order valence-corrected chi connectivity index (χ1v) is 6.84. The van der Waals surface area contributed by atoms with Crippen LogP contribution in [-0.2, 0) is 20.8 Å². The predicted molar refractivity (Wildman–Crippen MR) is 73.4 cm³/mol. The summed E-state index contributed by atoms with van der Waals surface area (Å²) in [5.74, 6) is -0.0518. The van der Waals surface area contributed by atoms with Crippen LogP contribution >= 0.6 is 0 Å². The van der Waals surface area contributed by atoms with Gasteiger partial charge >= 0.3 is 5.97 Å². The first-order chi connectivity index (χ1) is 10.1. The van der Waals surface area contributed by atoms with Crippen LogP contribution in [0.1, 0.15) is 29.2 Å². The summed E-state index contributed by atoms with van der Waals surface area (Å²) in [6.07, 6.45) is 1.22. The highest BCUT2D eigenvalue weighted by molar-refractivity contribution is 5.86. The van der Waals surface area contributed by atoms with Crippen molar-refractivity contribution in [2.24, 2.45) is 11.1 Å². The lowest BCUT2D eigenvalue weighted by Crippen LogP contribution is -2.48. The molecule has 1 aromatic heterocycles. The van der Waals surface area contributed by atoms with E-state index < -0.39 is 11.4 Å². The number of hydrogen-bond acceptors (Lipinski definition) is 6. The second-order valence-electron chi connectivity index (χ2n) is 5.04. The third kappa shape index (κ3) is 3.43. The molecule has 0 aliphatic carbocycles. The Morgan fingerprint density at radius 2 is 2.10 bits per heavy atom. The van der Waals surface area contributed by atoms with Gasteiger partial charge in [-0.05, 0) is 25.0 Å². The number of furan rings is 1. The molecule has 1 aliphatic rings. The maximum absolute atomic E-state index is 12.3. The van der Waals surface area contributed by atoms with Crippen LogP contribution in [0.25, 0.3) is 0 Å². The Hall–Kier alpha value is -1.86. The monoisotopic (exact) mass is 296 g/mol. The standard InChI is InChI=1S/C14H20N2O5/c1-19-12(17)11-3-2-10(21-11)8-16-13(18)14(9-15)4-6-20-7-5-14/h2-3H,4-9,15H2,1H3,(H,16,18). The van der Waals surface area contributed by atoms with Gasteiger partial charge in [0.05, 0.1) is 19.1 Å². The zero-order valence-electron chi connectivity index (χ0n) is 12.0. The van der Waals surface area contributed by atoms with Crippen LogP contribution in [-0.4, -0.2) is 38.7 Å². The lowest BCUT2D eigenvalue weighted by Gasteiger charge is -2.34. The van der Waals surface area contributed by atoms with E-state index in [4.69, 9.17) is 14.9 Å². The Kier molecular flexibility index (Phi) is 4.98. The summed E-state index contributed by atoms with van der Waals surface area (Å²) in [7, 11) is 1.28. The van der Waals surface area contributed by atoms with Crippen molar-refractivity contribution < 1.29 is 23.5 Å². The third-order valence-electron chi connectivity index (χ3n) is 3.79. The molecule has 7 nitrogen and oxygen atoms in total. The summed E-state index contributed by atoms with van der Waals surface area (Å²) in [4.78, 5) is 23.6. The third-order valence-corrected chi connectivity index (χ3v) is 3.79. The Bertz CT molecular complexity index is 505. The fraction of sp³-hybridized carbons (Fsp3) is 0.571. The van der Waals surface area contributed by atoms with Crippen LogP contribution in [0.3, 0.4) is 0 Å². The maximum Gasteiger partial charge on any atom is 0.373 e. The highest BCUT2D eigenvalue weighted by Crippen LogP contribution is 2.29. The predicted octanol–water partition coefficient (Wildman–Crippen LogP) is 0.438. The molecule has 116 valence electrons. The average Bonchev–Trinajstić information content (AvgIpc) is 3.01. The van der Waals surface area contributed by atoms with Crippen molar-refractivity contribution in [3.8, 4) is 0 Å². The van der Waals surface area contributed by atoms with Crippen molar-refractivity contribution in [3.05, 3.63) is 23.7 Å². The number of carbonyl (C=O) groups is 2. The number of nitrogens with two attached hydrogens (primary N) is 1. The van der Waals surface area contributed by atoms with Crippen molar-refractivity contribution >= 4 is 11.9 Å². The van der Waals surface area contributed by atoms with Crippen LogP contribution in [0, 0.1) is 5.41 Å². The van der Waals surface area contributed by atoms with Crippen LogP contribution in [0.2, 0.25) is 0 Å². The molecule has 1 fully saturated rings. The molecule has 0 atom stereocenters. The number of methoxy groups -OCH3 is 1. The van der Waals surface area contributed by atoms with Gasteiger partial charge in [0.15, 0.2) is 0 Å². The van der Waals surface area contributed by atoms with E-state index in [1.165, 1.54) is 13.2 Å². The summed E-state index contributed by atoms with van der Waals surface area (Å²) in [6.45, 7) is 1.57. The van der Waals surface area contributed by atoms with Crippen molar-refractivity contribution in [2.45, 2.75) is 19.4 Å². The van der Waals surface area contributed by atoms with E-state index >= 15 is 0 Å². The van der Waals surface area contributed by atoms with Gasteiger partial charge in [-0.15, -0.1) is 0 Å². The van der Waals surface area contributed by atoms with Gasteiger partial charge < -0.3 is 24.9 Å². The summed E-state index contributed by atoms with van der Waals surface area (Å²) < 4.78 is 15.1. The number of esters is 1. The van der Waals surface area contributed by atoms with Crippen LogP contribution in [0.15, 0.2) is 16.5 Å². The Morgan fingerprint density at radius 1 is 1.38 bits per heavy atom. The Morgan fingerprint density at radius 3 is 2.71 bits per heavy atom. The molecule has 7 heteroatoms. The van der Waals surface area contributed by atoms with E-state index in [0.29, 0.717) is 31.8 Å². The smallest absolute Gasteiger partial charge is 0.373 e. The van der Waals surface area contributed by atoms with Gasteiger partial charge in [-0.3, -0.25) is 4.79 Å². The van der Waals surface area contributed by atoms with E-state index in [1.807, 2.05) is 0 Å². The molecule has 21 heavy (non-hydrogen) atoms. The van der Waals surface area contributed by atoms with Crippen molar-refractivity contribution in [1.29, 1.82) is 0 Å². The second kappa shape index (κ2) is 6.73. The van der Waals surface area contributed by atoms with Crippen LogP contribution in [0.4, 0.5) is 0 Å². The molecule has 3 N–H and O–H groups in total. The van der Waals surface area contributed by atoms with Crippen molar-refractivity contribution in [1.82, 2.24) is 5.32 Å². The van der Waals surface area contributed by atoms with Gasteiger partial charge in [-0.1, -0.05) is 0 Å². The molecule has 1 aromatic rings. The molecule has 0 aromatic carbocycles. The lowest BCUT2D eigenvalue weighted by molar-refractivity contribution is -0.136. The number of hydrogen-bond donors (Lipinski definition) is 2. The Labute approximate surface area is 122 Å². The van der Waals surface area contributed by atoms with Crippen LogP contribution in [0.5, 0.6) is 0 Å². The van der Waals surface area contributed by atoms with E-state index in [1.54, 1.807) is 6.07 Å². The first kappa shape index (κ1) is 15.5. The number of nitrogens with one attached hydrogen (secondary N) is 1. The maximum atomic E-state index is 12.3. The number of rotatable bonds is 5. The molecule has 0 spiro atoms. The summed E-state index contributed by atoms with van der Waals surface area (Å²) in [6, 6.07) is 3.14. The minimum Gasteiger partial charge on any atom is -0.463 e. The minimum atomic E-state index is -0.573. The molecule has 1 saturated heterocycles. The molecule has 0 unspecified atom stereocenters. The van der Waals surface area contributed by atoms with Gasteiger partial charge in [0.25, 0.3) is 0 Å². The molecule has 0 radical (unpaired) electrons. The zero-order chi connectivity index (χ0) is 15.3. The SMILES string of the molecule is COC(=O)c1ccc(CNC(=O)C2(CN)CCOCC2)o1. The van der Waals surface area contributed by atoms with Gasteiger partial charge in [-0.2, -0.15) is 0 Å². The van der Waals surface area contributed by atoms with E-state index in [9.17, 15) is 9.59 Å². The zero-order valence-corrected chi connectivity index (χ0v) is 12.0. The van der Waals surface area contributed by atoms with Crippen LogP contribution < -0.4 is 11.1 Å².